The lowest BCUT2D eigenvalue weighted by molar-refractivity contribution is -0.0378. The van der Waals surface area contributed by atoms with Crippen molar-refractivity contribution in [2.75, 3.05) is 11.9 Å². The van der Waals surface area contributed by atoms with Gasteiger partial charge in [-0.05, 0) is 31.0 Å². The van der Waals surface area contributed by atoms with Gasteiger partial charge in [-0.1, -0.05) is 0 Å². The van der Waals surface area contributed by atoms with Crippen molar-refractivity contribution >= 4 is 33.4 Å². The average molecular weight is 436 g/mol. The molecule has 1 saturated carbocycles. The molecule has 1 aliphatic carbocycles. The monoisotopic (exact) mass is 435 g/mol. The number of thiazole rings is 1. The van der Waals surface area contributed by atoms with Crippen LogP contribution in [0.2, 0.25) is 0 Å². The van der Waals surface area contributed by atoms with E-state index >= 15 is 0 Å². The number of fused-ring (bicyclic) bond motifs is 1. The number of benzene rings is 1. The van der Waals surface area contributed by atoms with Gasteiger partial charge in [0.05, 0.1) is 17.6 Å². The Kier molecular flexibility index (Phi) is 5.35. The van der Waals surface area contributed by atoms with Gasteiger partial charge in [0.15, 0.2) is 5.13 Å². The first-order valence-electron chi connectivity index (χ1n) is 9.76. The number of halogens is 2. The summed E-state index contributed by atoms with van der Waals surface area (Å²) in [6.45, 7) is 0.316. The third kappa shape index (κ3) is 4.09. The molecular weight excluding hydrogens is 412 g/mol. The van der Waals surface area contributed by atoms with Crippen LogP contribution in [0.4, 0.5) is 13.9 Å². The second kappa shape index (κ2) is 7.82. The Balaban J connectivity index is 1.37. The molecule has 3 aromatic rings. The van der Waals surface area contributed by atoms with Crippen molar-refractivity contribution in [1.82, 2.24) is 19.9 Å². The quantitative estimate of drug-likeness (QED) is 0.644. The number of aryl methyl sites for hydroxylation is 1. The van der Waals surface area contributed by atoms with E-state index in [4.69, 9.17) is 0 Å². The van der Waals surface area contributed by atoms with Crippen molar-refractivity contribution in [1.29, 1.82) is 0 Å². The molecule has 1 fully saturated rings. The molecule has 0 bridgehead atoms. The lowest BCUT2D eigenvalue weighted by Gasteiger charge is -2.34. The van der Waals surface area contributed by atoms with Crippen LogP contribution in [0.3, 0.4) is 0 Å². The molecule has 1 amide bonds. The second-order valence-electron chi connectivity index (χ2n) is 7.71. The molecule has 160 valence electrons. The van der Waals surface area contributed by atoms with Crippen LogP contribution < -0.4 is 15.9 Å². The summed E-state index contributed by atoms with van der Waals surface area (Å²) in [6, 6.07) is 5.11. The van der Waals surface area contributed by atoms with E-state index in [2.05, 4.69) is 15.3 Å². The van der Waals surface area contributed by atoms with Gasteiger partial charge < -0.3 is 15.2 Å². The van der Waals surface area contributed by atoms with E-state index in [-0.39, 0.29) is 30.5 Å². The van der Waals surface area contributed by atoms with Crippen LogP contribution in [-0.2, 0) is 13.6 Å². The molecule has 4 rings (SSSR count). The van der Waals surface area contributed by atoms with Crippen LogP contribution >= 0.6 is 11.3 Å². The Bertz CT molecular complexity index is 1130. The van der Waals surface area contributed by atoms with Gasteiger partial charge in [0.25, 0.3) is 5.91 Å². The van der Waals surface area contributed by atoms with Crippen molar-refractivity contribution < 1.29 is 13.6 Å². The van der Waals surface area contributed by atoms with E-state index in [0.29, 0.717) is 30.5 Å². The molecule has 1 aromatic carbocycles. The van der Waals surface area contributed by atoms with Gasteiger partial charge in [0, 0.05) is 49.6 Å². The maximum absolute atomic E-state index is 13.4. The number of aromatic amines is 1. The highest BCUT2D eigenvalue weighted by Gasteiger charge is 2.36. The summed E-state index contributed by atoms with van der Waals surface area (Å²) in [7, 11) is 3.54. The van der Waals surface area contributed by atoms with E-state index in [1.165, 1.54) is 15.9 Å². The highest BCUT2D eigenvalue weighted by Crippen LogP contribution is 2.36. The first-order valence-corrected chi connectivity index (χ1v) is 10.6. The van der Waals surface area contributed by atoms with Crippen molar-refractivity contribution in [2.24, 2.45) is 7.05 Å². The number of carbonyl (C=O) groups excluding carboxylic acids is 1. The molecule has 10 heteroatoms. The maximum atomic E-state index is 13.4. The number of nitrogens with zero attached hydrogens (tertiary/aromatic N) is 3. The Morgan fingerprint density at radius 2 is 2.13 bits per heavy atom. The highest BCUT2D eigenvalue weighted by atomic mass is 32.1. The van der Waals surface area contributed by atoms with Crippen molar-refractivity contribution in [3.8, 4) is 0 Å². The van der Waals surface area contributed by atoms with Crippen LogP contribution in [-0.4, -0.2) is 39.5 Å². The summed E-state index contributed by atoms with van der Waals surface area (Å²) < 4.78 is 28.2. The molecule has 0 radical (unpaired) electrons. The Morgan fingerprint density at radius 1 is 1.40 bits per heavy atom. The number of alkyl halides is 2. The van der Waals surface area contributed by atoms with Gasteiger partial charge in [0.2, 0.25) is 5.92 Å². The number of imidazole rings is 1. The Labute approximate surface area is 175 Å². The molecule has 0 spiro atoms. The molecule has 0 unspecified atom stereocenters. The summed E-state index contributed by atoms with van der Waals surface area (Å²) in [5.74, 6) is -2.80. The third-order valence-corrected chi connectivity index (χ3v) is 6.75. The molecule has 0 saturated heterocycles. The van der Waals surface area contributed by atoms with Gasteiger partial charge in [-0.3, -0.25) is 9.36 Å². The fourth-order valence-electron chi connectivity index (χ4n) is 3.76. The summed E-state index contributed by atoms with van der Waals surface area (Å²) in [5, 5.41) is 3.62. The molecule has 7 nitrogen and oxygen atoms in total. The summed E-state index contributed by atoms with van der Waals surface area (Å²) >= 11 is 1.44. The number of rotatable bonds is 5. The van der Waals surface area contributed by atoms with Crippen LogP contribution in [0.25, 0.3) is 11.0 Å². The predicted molar refractivity (Wildman–Crippen MR) is 112 cm³/mol. The fraction of sp³-hybridized carbons (Fsp3) is 0.450. The number of anilines is 1. The Morgan fingerprint density at radius 3 is 2.87 bits per heavy atom. The van der Waals surface area contributed by atoms with Gasteiger partial charge in [-0.25, -0.2) is 18.6 Å². The van der Waals surface area contributed by atoms with E-state index in [9.17, 15) is 18.4 Å². The van der Waals surface area contributed by atoms with Gasteiger partial charge in [-0.2, -0.15) is 0 Å². The molecule has 2 heterocycles. The minimum absolute atomic E-state index is 0.0537. The van der Waals surface area contributed by atoms with E-state index < -0.39 is 5.92 Å². The maximum Gasteiger partial charge on any atom is 0.326 e. The minimum atomic E-state index is -2.55. The number of nitrogens with one attached hydrogen (secondary N) is 2. The largest absolute Gasteiger partial charge is 0.348 e. The van der Waals surface area contributed by atoms with E-state index in [1.54, 1.807) is 31.4 Å². The molecule has 1 aliphatic rings. The summed E-state index contributed by atoms with van der Waals surface area (Å²) in [6.07, 6.45) is 2.41. The number of hydrogen-bond acceptors (Lipinski definition) is 5. The number of H-pyrrole nitrogens is 1. The van der Waals surface area contributed by atoms with Crippen LogP contribution in [0.5, 0.6) is 0 Å². The van der Waals surface area contributed by atoms with Crippen LogP contribution in [0.1, 0.15) is 40.9 Å². The zero-order chi connectivity index (χ0) is 21.5. The number of carbonyl (C=O) groups is 1. The van der Waals surface area contributed by atoms with E-state index in [1.807, 2.05) is 11.9 Å². The molecule has 0 aliphatic heterocycles. The third-order valence-electron chi connectivity index (χ3n) is 5.67. The van der Waals surface area contributed by atoms with Gasteiger partial charge in [0.1, 0.15) is 0 Å². The zero-order valence-electron chi connectivity index (χ0n) is 16.7. The zero-order valence-corrected chi connectivity index (χ0v) is 17.6. The first kappa shape index (κ1) is 20.5. The van der Waals surface area contributed by atoms with Crippen LogP contribution in [0, 0.1) is 0 Å². The van der Waals surface area contributed by atoms with Crippen molar-refractivity contribution in [3.05, 3.63) is 45.3 Å². The molecule has 2 aromatic heterocycles. The first-order chi connectivity index (χ1) is 14.2. The number of amides is 1. The molecular formula is C20H23F2N5O2S. The van der Waals surface area contributed by atoms with Gasteiger partial charge >= 0.3 is 5.69 Å². The average Bonchev–Trinajstić information content (AvgIpc) is 3.30. The number of aromatic nitrogens is 3. The predicted octanol–water partition coefficient (Wildman–Crippen LogP) is 3.27. The van der Waals surface area contributed by atoms with Crippen molar-refractivity contribution in [2.45, 2.75) is 44.2 Å². The lowest BCUT2D eigenvalue weighted by Crippen LogP contribution is -2.38. The summed E-state index contributed by atoms with van der Waals surface area (Å²) in [5.41, 5.74) is 1.56. The molecule has 2 N–H and O–H groups in total. The molecule has 0 atom stereocenters. The van der Waals surface area contributed by atoms with E-state index in [0.717, 1.165) is 15.5 Å². The topological polar surface area (TPSA) is 83.0 Å². The van der Waals surface area contributed by atoms with Crippen LogP contribution in [0.15, 0.2) is 29.2 Å². The highest BCUT2D eigenvalue weighted by molar-refractivity contribution is 7.15. The lowest BCUT2D eigenvalue weighted by atomic mass is 9.91. The Hall–Kier alpha value is -2.75. The number of hydrogen-bond donors (Lipinski definition) is 2. The smallest absolute Gasteiger partial charge is 0.326 e. The van der Waals surface area contributed by atoms with Crippen molar-refractivity contribution in [3.63, 3.8) is 0 Å². The SMILES string of the molecule is CN(c1ncc(CNC(=O)c2ccc3c(c2)[nH]c(=O)n3C)s1)C1CCC(F)(F)CC1. The second-order valence-corrected chi connectivity index (χ2v) is 8.80. The summed E-state index contributed by atoms with van der Waals surface area (Å²) in [4.78, 5) is 34.1. The normalized spacial score (nSPS) is 16.7. The minimum Gasteiger partial charge on any atom is -0.348 e. The standard InChI is InChI=1S/C20H23F2N5O2S/c1-26(13-5-7-20(21,22)8-6-13)19-24-11-14(30-19)10-23-17(28)12-3-4-16-15(9-12)25-18(29)27(16)2/h3-4,9,11,13H,5-8,10H2,1-2H3,(H,23,28)(H,25,29). The molecule has 30 heavy (non-hydrogen) atoms. The van der Waals surface area contributed by atoms with Gasteiger partial charge in [-0.15, -0.1) is 11.3 Å². The fourth-order valence-corrected chi connectivity index (χ4v) is 4.64.